The first-order valence-electron chi connectivity index (χ1n) is 5.98. The molecule has 0 aliphatic carbocycles. The van der Waals surface area contributed by atoms with Gasteiger partial charge in [0.1, 0.15) is 11.6 Å². The van der Waals surface area contributed by atoms with E-state index in [9.17, 15) is 0 Å². The van der Waals surface area contributed by atoms with E-state index >= 15 is 0 Å². The van der Waals surface area contributed by atoms with E-state index in [0.29, 0.717) is 0 Å². The Morgan fingerprint density at radius 2 is 2.06 bits per heavy atom. The maximum Gasteiger partial charge on any atom is 0.129 e. The largest absolute Gasteiger partial charge is 0.497 e. The van der Waals surface area contributed by atoms with Crippen molar-refractivity contribution in [2.45, 2.75) is 13.3 Å². The Morgan fingerprint density at radius 1 is 1.24 bits per heavy atom. The quantitative estimate of drug-likeness (QED) is 0.790. The molecule has 17 heavy (non-hydrogen) atoms. The molecule has 1 aromatic carbocycles. The number of pyridine rings is 1. The van der Waals surface area contributed by atoms with Gasteiger partial charge in [-0.05, 0) is 37.1 Å². The highest BCUT2D eigenvalue weighted by Crippen LogP contribution is 2.27. The number of methoxy groups -OCH3 is 1. The molecular weight excluding hydrogens is 212 g/mol. The molecule has 1 aliphatic heterocycles. The van der Waals surface area contributed by atoms with Gasteiger partial charge in [0.2, 0.25) is 0 Å². The number of nitrogens with zero attached hydrogens (tertiary/aromatic N) is 2. The molecular formula is C14H16N2O. The van der Waals surface area contributed by atoms with Crippen LogP contribution in [0, 0.1) is 6.92 Å². The van der Waals surface area contributed by atoms with Crippen LogP contribution in [0.5, 0.6) is 5.75 Å². The summed E-state index contributed by atoms with van der Waals surface area (Å²) in [5.74, 6) is 1.96. The molecule has 0 saturated carbocycles. The lowest BCUT2D eigenvalue weighted by atomic mass is 10.1. The normalized spacial score (nSPS) is 14.8. The van der Waals surface area contributed by atoms with E-state index in [0.717, 1.165) is 30.2 Å². The molecule has 1 fully saturated rings. The Hall–Kier alpha value is -1.77. The Kier molecular flexibility index (Phi) is 2.39. The zero-order valence-corrected chi connectivity index (χ0v) is 10.2. The number of hydrogen-bond acceptors (Lipinski definition) is 3. The van der Waals surface area contributed by atoms with Gasteiger partial charge in [-0.3, -0.25) is 0 Å². The molecule has 88 valence electrons. The SMILES string of the molecule is COc1ccc2c(C)cc(N3CCC3)nc2c1. The van der Waals surface area contributed by atoms with E-state index in [4.69, 9.17) is 9.72 Å². The van der Waals surface area contributed by atoms with E-state index < -0.39 is 0 Å². The first-order valence-corrected chi connectivity index (χ1v) is 5.98. The van der Waals surface area contributed by atoms with Gasteiger partial charge in [0.15, 0.2) is 0 Å². The van der Waals surface area contributed by atoms with Crippen molar-refractivity contribution in [1.82, 2.24) is 4.98 Å². The van der Waals surface area contributed by atoms with Crippen molar-refractivity contribution in [1.29, 1.82) is 0 Å². The molecule has 0 amide bonds. The second-order valence-electron chi connectivity index (χ2n) is 4.52. The monoisotopic (exact) mass is 228 g/mol. The van der Waals surface area contributed by atoms with E-state index in [1.54, 1.807) is 7.11 Å². The maximum atomic E-state index is 5.25. The van der Waals surface area contributed by atoms with Gasteiger partial charge in [-0.2, -0.15) is 0 Å². The molecule has 1 aliphatic rings. The number of aryl methyl sites for hydroxylation is 1. The van der Waals surface area contributed by atoms with Crippen LogP contribution in [-0.2, 0) is 0 Å². The number of aromatic nitrogens is 1. The van der Waals surface area contributed by atoms with Crippen LogP contribution in [0.3, 0.4) is 0 Å². The molecule has 2 aromatic rings. The van der Waals surface area contributed by atoms with Crippen molar-refractivity contribution in [3.05, 3.63) is 29.8 Å². The van der Waals surface area contributed by atoms with Gasteiger partial charge in [0.25, 0.3) is 0 Å². The molecule has 0 atom stereocenters. The van der Waals surface area contributed by atoms with Crippen LogP contribution in [0.2, 0.25) is 0 Å². The van der Waals surface area contributed by atoms with Gasteiger partial charge in [0, 0.05) is 24.5 Å². The highest BCUT2D eigenvalue weighted by atomic mass is 16.5. The van der Waals surface area contributed by atoms with E-state index in [2.05, 4.69) is 24.0 Å². The lowest BCUT2D eigenvalue weighted by molar-refractivity contribution is 0.415. The van der Waals surface area contributed by atoms with Crippen molar-refractivity contribution in [2.75, 3.05) is 25.1 Å². The van der Waals surface area contributed by atoms with Crippen molar-refractivity contribution in [3.63, 3.8) is 0 Å². The van der Waals surface area contributed by atoms with Crippen LogP contribution < -0.4 is 9.64 Å². The highest BCUT2D eigenvalue weighted by molar-refractivity contribution is 5.85. The second-order valence-corrected chi connectivity index (χ2v) is 4.52. The summed E-state index contributed by atoms with van der Waals surface area (Å²) in [5.41, 5.74) is 2.30. The van der Waals surface area contributed by atoms with Crippen LogP contribution in [0.25, 0.3) is 10.9 Å². The third-order valence-corrected chi connectivity index (χ3v) is 3.39. The summed E-state index contributed by atoms with van der Waals surface area (Å²) in [6.07, 6.45) is 1.27. The summed E-state index contributed by atoms with van der Waals surface area (Å²) in [5, 5.41) is 1.20. The Labute approximate surface area is 101 Å². The van der Waals surface area contributed by atoms with Gasteiger partial charge < -0.3 is 9.64 Å². The predicted molar refractivity (Wildman–Crippen MR) is 69.9 cm³/mol. The van der Waals surface area contributed by atoms with Crippen molar-refractivity contribution in [2.24, 2.45) is 0 Å². The number of fused-ring (bicyclic) bond motifs is 1. The number of ether oxygens (including phenoxy) is 1. The highest BCUT2D eigenvalue weighted by Gasteiger charge is 2.16. The van der Waals surface area contributed by atoms with Crippen molar-refractivity contribution >= 4 is 16.7 Å². The third-order valence-electron chi connectivity index (χ3n) is 3.39. The second kappa shape index (κ2) is 3.91. The molecule has 0 spiro atoms. The first kappa shape index (κ1) is 10.4. The predicted octanol–water partition coefficient (Wildman–Crippen LogP) is 2.76. The van der Waals surface area contributed by atoms with Gasteiger partial charge in [0.05, 0.1) is 12.6 Å². The van der Waals surface area contributed by atoms with Gasteiger partial charge >= 0.3 is 0 Å². The molecule has 0 N–H and O–H groups in total. The van der Waals surface area contributed by atoms with Crippen LogP contribution >= 0.6 is 0 Å². The van der Waals surface area contributed by atoms with Gasteiger partial charge in [-0.15, -0.1) is 0 Å². The zero-order valence-electron chi connectivity index (χ0n) is 10.2. The summed E-state index contributed by atoms with van der Waals surface area (Å²) in [6, 6.07) is 8.25. The maximum absolute atomic E-state index is 5.25. The van der Waals surface area contributed by atoms with Crippen molar-refractivity contribution < 1.29 is 4.74 Å². The smallest absolute Gasteiger partial charge is 0.129 e. The topological polar surface area (TPSA) is 25.4 Å². The summed E-state index contributed by atoms with van der Waals surface area (Å²) >= 11 is 0. The molecule has 1 saturated heterocycles. The average molecular weight is 228 g/mol. The van der Waals surface area contributed by atoms with E-state index in [-0.39, 0.29) is 0 Å². The Bertz CT molecular complexity index is 561. The molecule has 0 unspecified atom stereocenters. The fourth-order valence-electron chi connectivity index (χ4n) is 2.20. The summed E-state index contributed by atoms with van der Waals surface area (Å²) < 4.78 is 5.25. The van der Waals surface area contributed by atoms with Crippen molar-refractivity contribution in [3.8, 4) is 5.75 Å². The van der Waals surface area contributed by atoms with Crippen LogP contribution in [0.15, 0.2) is 24.3 Å². The molecule has 3 rings (SSSR count). The minimum atomic E-state index is 0.866. The number of anilines is 1. The lowest BCUT2D eigenvalue weighted by Gasteiger charge is -2.32. The summed E-state index contributed by atoms with van der Waals surface area (Å²) in [4.78, 5) is 7.02. The fourth-order valence-corrected chi connectivity index (χ4v) is 2.20. The average Bonchev–Trinajstić information content (AvgIpc) is 2.26. The number of hydrogen-bond donors (Lipinski definition) is 0. The minimum Gasteiger partial charge on any atom is -0.497 e. The minimum absolute atomic E-state index is 0.866. The van der Waals surface area contributed by atoms with Crippen LogP contribution in [0.4, 0.5) is 5.82 Å². The Balaban J connectivity index is 2.14. The molecule has 0 radical (unpaired) electrons. The van der Waals surface area contributed by atoms with E-state index in [1.165, 1.54) is 17.4 Å². The standard InChI is InChI=1S/C14H16N2O/c1-10-8-14(16-6-3-7-16)15-13-9-11(17-2)4-5-12(10)13/h4-5,8-9H,3,6-7H2,1-2H3. The Morgan fingerprint density at radius 3 is 2.71 bits per heavy atom. The van der Waals surface area contributed by atoms with Gasteiger partial charge in [-0.1, -0.05) is 0 Å². The number of benzene rings is 1. The van der Waals surface area contributed by atoms with Gasteiger partial charge in [-0.25, -0.2) is 4.98 Å². The molecule has 1 aromatic heterocycles. The number of rotatable bonds is 2. The van der Waals surface area contributed by atoms with E-state index in [1.807, 2.05) is 12.1 Å². The first-order chi connectivity index (χ1) is 8.28. The lowest BCUT2D eigenvalue weighted by Crippen LogP contribution is -2.37. The van der Waals surface area contributed by atoms with Crippen LogP contribution in [0.1, 0.15) is 12.0 Å². The molecule has 3 nitrogen and oxygen atoms in total. The summed E-state index contributed by atoms with van der Waals surface area (Å²) in [6.45, 7) is 4.39. The van der Waals surface area contributed by atoms with Crippen LogP contribution in [-0.4, -0.2) is 25.2 Å². The molecule has 2 heterocycles. The third kappa shape index (κ3) is 1.71. The summed E-state index contributed by atoms with van der Waals surface area (Å²) in [7, 11) is 1.69. The molecule has 3 heteroatoms. The zero-order chi connectivity index (χ0) is 11.8. The fraction of sp³-hybridized carbons (Fsp3) is 0.357. The molecule has 0 bridgehead atoms.